The monoisotopic (exact) mass is 224 g/mol. The quantitative estimate of drug-likeness (QED) is 0.662. The molecule has 0 fully saturated rings. The first kappa shape index (κ1) is 10.8. The molecule has 0 heteroatoms. The Kier molecular flexibility index (Phi) is 2.88. The highest BCUT2D eigenvalue weighted by Crippen LogP contribution is 2.33. The summed E-state index contributed by atoms with van der Waals surface area (Å²) in [5.41, 5.74) is 4.69. The maximum atomic E-state index is 2.36. The SMILES string of the molecule is CCCCCc1ccc2c3c(cccc13)CC2. The predicted molar refractivity (Wildman–Crippen MR) is 74.6 cm³/mol. The number of unbranched alkanes of at least 4 members (excludes halogenated alkanes) is 2. The lowest BCUT2D eigenvalue weighted by Gasteiger charge is -2.08. The standard InChI is InChI=1S/C17H20/c1-2-3-4-6-13-9-10-15-12-11-14-7-5-8-16(13)17(14)15/h5,7-10H,2-4,6,11-12H2,1H3. The van der Waals surface area contributed by atoms with E-state index in [1.165, 1.54) is 43.9 Å². The third kappa shape index (κ3) is 1.86. The van der Waals surface area contributed by atoms with Gasteiger partial charge in [0.1, 0.15) is 0 Å². The first-order valence-corrected chi connectivity index (χ1v) is 6.92. The van der Waals surface area contributed by atoms with Crippen molar-refractivity contribution >= 4 is 10.8 Å². The Morgan fingerprint density at radius 3 is 2.59 bits per heavy atom. The van der Waals surface area contributed by atoms with Gasteiger partial charge in [0.15, 0.2) is 0 Å². The lowest BCUT2D eigenvalue weighted by atomic mass is 9.96. The van der Waals surface area contributed by atoms with Crippen LogP contribution >= 0.6 is 0 Å². The van der Waals surface area contributed by atoms with E-state index in [1.807, 2.05) is 0 Å². The van der Waals surface area contributed by atoms with Crippen LogP contribution in [-0.4, -0.2) is 0 Å². The summed E-state index contributed by atoms with van der Waals surface area (Å²) in [7, 11) is 0. The van der Waals surface area contributed by atoms with E-state index in [1.54, 1.807) is 22.1 Å². The van der Waals surface area contributed by atoms with Gasteiger partial charge in [-0.05, 0) is 53.1 Å². The lowest BCUT2D eigenvalue weighted by molar-refractivity contribution is 0.719. The van der Waals surface area contributed by atoms with Crippen LogP contribution in [0.15, 0.2) is 30.3 Å². The topological polar surface area (TPSA) is 0 Å². The molecule has 2 aromatic rings. The summed E-state index contributed by atoms with van der Waals surface area (Å²) in [6, 6.07) is 11.6. The summed E-state index contributed by atoms with van der Waals surface area (Å²) in [6.07, 6.45) is 7.71. The summed E-state index contributed by atoms with van der Waals surface area (Å²) >= 11 is 0. The molecule has 88 valence electrons. The zero-order valence-corrected chi connectivity index (χ0v) is 10.6. The van der Waals surface area contributed by atoms with E-state index in [-0.39, 0.29) is 0 Å². The third-order valence-electron chi connectivity index (χ3n) is 4.02. The van der Waals surface area contributed by atoms with E-state index in [2.05, 4.69) is 37.3 Å². The molecular formula is C17H20. The highest BCUT2D eigenvalue weighted by Gasteiger charge is 2.15. The van der Waals surface area contributed by atoms with Crippen molar-refractivity contribution in [3.05, 3.63) is 47.0 Å². The van der Waals surface area contributed by atoms with E-state index in [0.717, 1.165) is 0 Å². The molecule has 0 unspecified atom stereocenters. The Bertz CT molecular complexity index is 527. The Balaban J connectivity index is 2.03. The van der Waals surface area contributed by atoms with Gasteiger partial charge in [-0.3, -0.25) is 0 Å². The lowest BCUT2D eigenvalue weighted by Crippen LogP contribution is -1.89. The average Bonchev–Trinajstić information content (AvgIpc) is 2.78. The molecule has 1 aliphatic carbocycles. The highest BCUT2D eigenvalue weighted by atomic mass is 14.2. The van der Waals surface area contributed by atoms with E-state index in [0.29, 0.717) is 0 Å². The van der Waals surface area contributed by atoms with Crippen LogP contribution in [0.5, 0.6) is 0 Å². The molecule has 0 nitrogen and oxygen atoms in total. The first-order valence-electron chi connectivity index (χ1n) is 6.92. The van der Waals surface area contributed by atoms with E-state index in [4.69, 9.17) is 0 Å². The van der Waals surface area contributed by atoms with Gasteiger partial charge in [0, 0.05) is 0 Å². The van der Waals surface area contributed by atoms with Crippen LogP contribution < -0.4 is 0 Å². The van der Waals surface area contributed by atoms with E-state index < -0.39 is 0 Å². The van der Waals surface area contributed by atoms with Gasteiger partial charge in [-0.15, -0.1) is 0 Å². The van der Waals surface area contributed by atoms with Gasteiger partial charge in [-0.25, -0.2) is 0 Å². The Hall–Kier alpha value is -1.30. The zero-order chi connectivity index (χ0) is 11.7. The summed E-state index contributed by atoms with van der Waals surface area (Å²) < 4.78 is 0. The Morgan fingerprint density at radius 1 is 0.941 bits per heavy atom. The molecule has 0 saturated heterocycles. The second-order valence-corrected chi connectivity index (χ2v) is 5.18. The highest BCUT2D eigenvalue weighted by molar-refractivity contribution is 5.93. The first-order chi connectivity index (χ1) is 8.40. The summed E-state index contributed by atoms with van der Waals surface area (Å²) in [4.78, 5) is 0. The van der Waals surface area contributed by atoms with Crippen molar-refractivity contribution in [2.75, 3.05) is 0 Å². The second-order valence-electron chi connectivity index (χ2n) is 5.18. The van der Waals surface area contributed by atoms with Crippen molar-refractivity contribution in [3.8, 4) is 0 Å². The minimum absolute atomic E-state index is 1.24. The number of benzene rings is 2. The second kappa shape index (κ2) is 4.52. The molecule has 0 bridgehead atoms. The van der Waals surface area contributed by atoms with Gasteiger partial charge in [0.2, 0.25) is 0 Å². The van der Waals surface area contributed by atoms with Crippen molar-refractivity contribution in [1.29, 1.82) is 0 Å². The number of hydrogen-bond donors (Lipinski definition) is 0. The predicted octanol–water partition coefficient (Wildman–Crippen LogP) is 4.67. The molecule has 0 amide bonds. The molecule has 0 radical (unpaired) electrons. The van der Waals surface area contributed by atoms with Gasteiger partial charge in [0.05, 0.1) is 0 Å². The molecular weight excluding hydrogens is 204 g/mol. The molecule has 0 heterocycles. The van der Waals surface area contributed by atoms with Crippen molar-refractivity contribution in [2.24, 2.45) is 0 Å². The van der Waals surface area contributed by atoms with E-state index in [9.17, 15) is 0 Å². The van der Waals surface area contributed by atoms with E-state index >= 15 is 0 Å². The van der Waals surface area contributed by atoms with Crippen molar-refractivity contribution in [1.82, 2.24) is 0 Å². The minimum Gasteiger partial charge on any atom is -0.0654 e. The molecule has 2 aromatic carbocycles. The Labute approximate surface area is 104 Å². The molecule has 0 atom stereocenters. The third-order valence-corrected chi connectivity index (χ3v) is 4.02. The summed E-state index contributed by atoms with van der Waals surface area (Å²) in [6.45, 7) is 2.27. The van der Waals surface area contributed by atoms with Gasteiger partial charge in [-0.2, -0.15) is 0 Å². The summed E-state index contributed by atoms with van der Waals surface area (Å²) in [5.74, 6) is 0. The fourth-order valence-corrected chi connectivity index (χ4v) is 3.09. The van der Waals surface area contributed by atoms with Crippen molar-refractivity contribution < 1.29 is 0 Å². The van der Waals surface area contributed by atoms with Crippen molar-refractivity contribution in [3.63, 3.8) is 0 Å². The maximum Gasteiger partial charge on any atom is -0.0117 e. The summed E-state index contributed by atoms with van der Waals surface area (Å²) in [5, 5.41) is 3.09. The number of rotatable bonds is 4. The van der Waals surface area contributed by atoms with Crippen LogP contribution in [0.2, 0.25) is 0 Å². The molecule has 0 N–H and O–H groups in total. The molecule has 0 spiro atoms. The van der Waals surface area contributed by atoms with Crippen LogP contribution in [0.3, 0.4) is 0 Å². The zero-order valence-electron chi connectivity index (χ0n) is 10.6. The number of hydrogen-bond acceptors (Lipinski definition) is 0. The maximum absolute atomic E-state index is 2.36. The van der Waals surface area contributed by atoms with Crippen LogP contribution in [0, 0.1) is 0 Å². The molecule has 17 heavy (non-hydrogen) atoms. The molecule has 0 aliphatic heterocycles. The fraction of sp³-hybridized carbons (Fsp3) is 0.412. The van der Waals surface area contributed by atoms with Gasteiger partial charge in [0.25, 0.3) is 0 Å². The number of aryl methyl sites for hydroxylation is 3. The molecule has 1 aliphatic rings. The van der Waals surface area contributed by atoms with Gasteiger partial charge in [-0.1, -0.05) is 50.1 Å². The van der Waals surface area contributed by atoms with Gasteiger partial charge < -0.3 is 0 Å². The largest absolute Gasteiger partial charge is 0.0654 e. The van der Waals surface area contributed by atoms with Gasteiger partial charge >= 0.3 is 0 Å². The van der Waals surface area contributed by atoms with Crippen LogP contribution in [0.25, 0.3) is 10.8 Å². The molecule has 3 rings (SSSR count). The fourth-order valence-electron chi connectivity index (χ4n) is 3.09. The Morgan fingerprint density at radius 2 is 1.76 bits per heavy atom. The molecule has 0 saturated carbocycles. The van der Waals surface area contributed by atoms with Crippen LogP contribution in [0.1, 0.15) is 42.9 Å². The average molecular weight is 224 g/mol. The smallest absolute Gasteiger partial charge is 0.0117 e. The molecule has 0 aromatic heterocycles. The van der Waals surface area contributed by atoms with Crippen molar-refractivity contribution in [2.45, 2.75) is 45.4 Å². The normalized spacial score (nSPS) is 13.5. The minimum atomic E-state index is 1.24. The van der Waals surface area contributed by atoms with Crippen LogP contribution in [0.4, 0.5) is 0 Å². The van der Waals surface area contributed by atoms with Crippen LogP contribution in [-0.2, 0) is 19.3 Å².